The van der Waals surface area contributed by atoms with Crippen molar-refractivity contribution in [3.8, 4) is 11.3 Å². The number of benzene rings is 1. The second kappa shape index (κ2) is 5.45. The fourth-order valence-electron chi connectivity index (χ4n) is 2.83. The first kappa shape index (κ1) is 14.0. The minimum Gasteiger partial charge on any atom is -0.373 e. The number of nitrogens with zero attached hydrogens (tertiary/aromatic N) is 2. The molecule has 4 heteroatoms. The second-order valence-electron chi connectivity index (χ2n) is 5.67. The molecular weight excluding hydrogens is 262 g/mol. The van der Waals surface area contributed by atoms with Gasteiger partial charge in [0.15, 0.2) is 5.82 Å². The van der Waals surface area contributed by atoms with Crippen LogP contribution in [-0.2, 0) is 10.3 Å². The predicted molar refractivity (Wildman–Crippen MR) is 84.3 cm³/mol. The molecule has 1 unspecified atom stereocenters. The van der Waals surface area contributed by atoms with Gasteiger partial charge in [-0.1, -0.05) is 30.3 Å². The molecule has 110 valence electrons. The van der Waals surface area contributed by atoms with E-state index in [1.165, 1.54) is 0 Å². The Balaban J connectivity index is 2.15. The largest absolute Gasteiger partial charge is 0.373 e. The molecule has 1 atom stereocenters. The van der Waals surface area contributed by atoms with Crippen LogP contribution in [0.25, 0.3) is 11.3 Å². The third-order valence-electron chi connectivity index (χ3n) is 4.12. The van der Waals surface area contributed by atoms with E-state index in [0.717, 1.165) is 47.9 Å². The Bertz CT molecular complexity index is 634. The molecule has 0 amide bonds. The second-order valence-corrected chi connectivity index (χ2v) is 5.67. The van der Waals surface area contributed by atoms with Crippen molar-refractivity contribution in [1.82, 2.24) is 9.97 Å². The van der Waals surface area contributed by atoms with Gasteiger partial charge in [0.2, 0.25) is 0 Å². The molecule has 1 aromatic carbocycles. The van der Waals surface area contributed by atoms with Gasteiger partial charge in [-0.05, 0) is 26.7 Å². The van der Waals surface area contributed by atoms with Gasteiger partial charge in [-0.25, -0.2) is 9.97 Å². The molecule has 1 aliphatic rings. The number of hydrogen-bond acceptors (Lipinski definition) is 4. The monoisotopic (exact) mass is 283 g/mol. The fraction of sp³-hybridized carbons (Fsp3) is 0.412. The van der Waals surface area contributed by atoms with E-state index in [1.807, 2.05) is 25.2 Å². The average molecular weight is 283 g/mol. The Kier molecular flexibility index (Phi) is 3.64. The van der Waals surface area contributed by atoms with Crippen LogP contribution in [0.15, 0.2) is 30.3 Å². The van der Waals surface area contributed by atoms with E-state index in [-0.39, 0.29) is 5.60 Å². The van der Waals surface area contributed by atoms with E-state index in [4.69, 9.17) is 9.72 Å². The Morgan fingerprint density at radius 2 is 1.95 bits per heavy atom. The van der Waals surface area contributed by atoms with Gasteiger partial charge < -0.3 is 10.1 Å². The number of nitrogens with one attached hydrogen (secondary N) is 1. The summed E-state index contributed by atoms with van der Waals surface area (Å²) >= 11 is 0. The molecule has 0 bridgehead atoms. The first-order valence-electron chi connectivity index (χ1n) is 7.40. The van der Waals surface area contributed by atoms with Crippen molar-refractivity contribution in [1.29, 1.82) is 0 Å². The molecule has 2 heterocycles. The number of hydrogen-bond donors (Lipinski definition) is 1. The van der Waals surface area contributed by atoms with Crippen LogP contribution in [0.3, 0.4) is 0 Å². The highest BCUT2D eigenvalue weighted by molar-refractivity contribution is 5.68. The summed E-state index contributed by atoms with van der Waals surface area (Å²) in [7, 11) is 1.89. The molecule has 0 aliphatic carbocycles. The zero-order valence-electron chi connectivity index (χ0n) is 12.8. The summed E-state index contributed by atoms with van der Waals surface area (Å²) in [5.74, 6) is 1.64. The summed E-state index contributed by atoms with van der Waals surface area (Å²) in [5.41, 5.74) is 2.77. The molecule has 21 heavy (non-hydrogen) atoms. The molecule has 1 aliphatic heterocycles. The zero-order chi connectivity index (χ0) is 14.9. The van der Waals surface area contributed by atoms with Gasteiger partial charge in [0.05, 0.1) is 5.69 Å². The predicted octanol–water partition coefficient (Wildman–Crippen LogP) is 3.52. The smallest absolute Gasteiger partial charge is 0.162 e. The van der Waals surface area contributed by atoms with Crippen LogP contribution in [0.5, 0.6) is 0 Å². The van der Waals surface area contributed by atoms with Crippen LogP contribution >= 0.6 is 0 Å². The lowest BCUT2D eigenvalue weighted by Gasteiger charge is -2.23. The highest BCUT2D eigenvalue weighted by Crippen LogP contribution is 2.36. The lowest BCUT2D eigenvalue weighted by atomic mass is 10.0. The van der Waals surface area contributed by atoms with Gasteiger partial charge in [-0.3, -0.25) is 0 Å². The standard InChI is InChI=1S/C17H21N3O/c1-12-14(13-8-5-4-6-9-13)19-16(20-15(12)18-3)17(2)10-7-11-21-17/h4-6,8-9H,7,10-11H2,1-3H3,(H,18,19,20). The molecule has 1 N–H and O–H groups in total. The summed E-state index contributed by atoms with van der Waals surface area (Å²) in [6.07, 6.45) is 2.02. The molecule has 2 aromatic rings. The van der Waals surface area contributed by atoms with Crippen molar-refractivity contribution in [3.05, 3.63) is 41.7 Å². The Morgan fingerprint density at radius 1 is 1.19 bits per heavy atom. The Hall–Kier alpha value is -1.94. The van der Waals surface area contributed by atoms with Crippen molar-refractivity contribution >= 4 is 5.82 Å². The minimum atomic E-state index is -0.372. The van der Waals surface area contributed by atoms with Gasteiger partial charge >= 0.3 is 0 Å². The zero-order valence-corrected chi connectivity index (χ0v) is 12.8. The molecule has 1 saturated heterocycles. The van der Waals surface area contributed by atoms with Gasteiger partial charge in [0.25, 0.3) is 0 Å². The Labute approximate surface area is 125 Å². The normalized spacial score (nSPS) is 21.5. The summed E-state index contributed by atoms with van der Waals surface area (Å²) in [5, 5.41) is 3.18. The molecule has 1 aromatic heterocycles. The van der Waals surface area contributed by atoms with Gasteiger partial charge in [-0.15, -0.1) is 0 Å². The lowest BCUT2D eigenvalue weighted by molar-refractivity contribution is 0.00952. The lowest BCUT2D eigenvalue weighted by Crippen LogP contribution is -2.24. The SMILES string of the molecule is CNc1nc(C2(C)CCCO2)nc(-c2ccccc2)c1C. The van der Waals surface area contributed by atoms with E-state index < -0.39 is 0 Å². The van der Waals surface area contributed by atoms with Crippen molar-refractivity contribution in [2.24, 2.45) is 0 Å². The van der Waals surface area contributed by atoms with Crippen molar-refractivity contribution < 1.29 is 4.74 Å². The molecular formula is C17H21N3O. The van der Waals surface area contributed by atoms with E-state index in [9.17, 15) is 0 Å². The van der Waals surface area contributed by atoms with Crippen LogP contribution in [0.4, 0.5) is 5.82 Å². The molecule has 0 radical (unpaired) electrons. The van der Waals surface area contributed by atoms with Gasteiger partial charge in [-0.2, -0.15) is 0 Å². The van der Waals surface area contributed by atoms with E-state index in [1.54, 1.807) is 0 Å². The van der Waals surface area contributed by atoms with Crippen LogP contribution < -0.4 is 5.32 Å². The van der Waals surface area contributed by atoms with Crippen LogP contribution in [0, 0.1) is 6.92 Å². The molecule has 0 saturated carbocycles. The summed E-state index contributed by atoms with van der Waals surface area (Å²) in [4.78, 5) is 9.51. The van der Waals surface area contributed by atoms with Gasteiger partial charge in [0, 0.05) is 24.8 Å². The molecule has 4 nitrogen and oxygen atoms in total. The van der Waals surface area contributed by atoms with E-state index >= 15 is 0 Å². The third-order valence-corrected chi connectivity index (χ3v) is 4.12. The highest BCUT2D eigenvalue weighted by atomic mass is 16.5. The maximum Gasteiger partial charge on any atom is 0.162 e. The van der Waals surface area contributed by atoms with Crippen molar-refractivity contribution in [2.75, 3.05) is 19.0 Å². The summed E-state index contributed by atoms with van der Waals surface area (Å²) in [6, 6.07) is 10.2. The number of anilines is 1. The van der Waals surface area contributed by atoms with E-state index in [0.29, 0.717) is 0 Å². The quantitative estimate of drug-likeness (QED) is 0.936. The topological polar surface area (TPSA) is 47.0 Å². The number of aromatic nitrogens is 2. The van der Waals surface area contributed by atoms with Crippen molar-refractivity contribution in [3.63, 3.8) is 0 Å². The van der Waals surface area contributed by atoms with Gasteiger partial charge in [0.1, 0.15) is 11.4 Å². The molecule has 0 spiro atoms. The maximum atomic E-state index is 5.90. The fourth-order valence-corrected chi connectivity index (χ4v) is 2.83. The summed E-state index contributed by atoms with van der Waals surface area (Å²) in [6.45, 7) is 4.91. The first-order valence-corrected chi connectivity index (χ1v) is 7.40. The van der Waals surface area contributed by atoms with Crippen LogP contribution in [-0.4, -0.2) is 23.6 Å². The Morgan fingerprint density at radius 3 is 2.57 bits per heavy atom. The molecule has 3 rings (SSSR count). The highest BCUT2D eigenvalue weighted by Gasteiger charge is 2.35. The molecule has 1 fully saturated rings. The van der Waals surface area contributed by atoms with E-state index in [2.05, 4.69) is 36.3 Å². The third kappa shape index (κ3) is 2.51. The minimum absolute atomic E-state index is 0.372. The summed E-state index contributed by atoms with van der Waals surface area (Å²) < 4.78 is 5.90. The average Bonchev–Trinajstić information content (AvgIpc) is 2.96. The first-order chi connectivity index (χ1) is 10.1. The van der Waals surface area contributed by atoms with Crippen molar-refractivity contribution in [2.45, 2.75) is 32.3 Å². The number of rotatable bonds is 3. The number of ether oxygens (including phenoxy) is 1. The maximum absolute atomic E-state index is 5.90. The van der Waals surface area contributed by atoms with Crippen LogP contribution in [0.1, 0.15) is 31.2 Å². The van der Waals surface area contributed by atoms with Crippen LogP contribution in [0.2, 0.25) is 0 Å².